The van der Waals surface area contributed by atoms with Crippen LogP contribution in [0.1, 0.15) is 18.1 Å². The predicted octanol–water partition coefficient (Wildman–Crippen LogP) is 1.90. The molecule has 0 radical (unpaired) electrons. The molecule has 1 heterocycles. The number of aromatic nitrogens is 1. The van der Waals surface area contributed by atoms with Crippen molar-refractivity contribution >= 4 is 17.5 Å². The minimum absolute atomic E-state index is 0.0425. The number of hydrogen-bond donors (Lipinski definition) is 2. The Hall–Kier alpha value is -2.69. The van der Waals surface area contributed by atoms with Gasteiger partial charge in [0.2, 0.25) is 11.8 Å². The Labute approximate surface area is 123 Å². The van der Waals surface area contributed by atoms with Gasteiger partial charge in [0.05, 0.1) is 6.42 Å². The zero-order valence-electron chi connectivity index (χ0n) is 11.8. The quantitative estimate of drug-likeness (QED) is 0.880. The van der Waals surface area contributed by atoms with E-state index in [0.717, 1.165) is 16.8 Å². The van der Waals surface area contributed by atoms with Crippen molar-refractivity contribution < 1.29 is 9.59 Å². The van der Waals surface area contributed by atoms with Crippen LogP contribution in [0.4, 0.5) is 5.69 Å². The first-order valence-corrected chi connectivity index (χ1v) is 6.65. The summed E-state index contributed by atoms with van der Waals surface area (Å²) < 4.78 is 0. The molecule has 0 aliphatic rings. The maximum Gasteiger partial charge on any atom is 0.224 e. The number of anilines is 1. The van der Waals surface area contributed by atoms with E-state index in [1.54, 1.807) is 24.5 Å². The lowest BCUT2D eigenvalue weighted by molar-refractivity contribution is -0.120. The Morgan fingerprint density at radius 2 is 1.67 bits per heavy atom. The van der Waals surface area contributed by atoms with Crippen LogP contribution in [0.2, 0.25) is 0 Å². The van der Waals surface area contributed by atoms with E-state index in [0.29, 0.717) is 13.0 Å². The smallest absolute Gasteiger partial charge is 0.224 e. The van der Waals surface area contributed by atoms with Gasteiger partial charge in [-0.3, -0.25) is 14.6 Å². The van der Waals surface area contributed by atoms with Crippen molar-refractivity contribution in [2.24, 2.45) is 0 Å². The molecule has 2 rings (SSSR count). The maximum atomic E-state index is 11.9. The Bertz CT molecular complexity index is 609. The van der Waals surface area contributed by atoms with Crippen LogP contribution in [0.5, 0.6) is 0 Å². The minimum Gasteiger partial charge on any atom is -0.352 e. The van der Waals surface area contributed by atoms with Gasteiger partial charge < -0.3 is 10.6 Å². The van der Waals surface area contributed by atoms with E-state index in [2.05, 4.69) is 15.6 Å². The SMILES string of the molecule is CC(=O)Nc1ccc(CC(=O)NCc2ccncc2)cc1. The minimum atomic E-state index is -0.113. The zero-order valence-corrected chi connectivity index (χ0v) is 11.8. The molecule has 0 saturated carbocycles. The van der Waals surface area contributed by atoms with E-state index in [1.165, 1.54) is 6.92 Å². The Morgan fingerprint density at radius 3 is 2.29 bits per heavy atom. The zero-order chi connectivity index (χ0) is 15.1. The number of rotatable bonds is 5. The van der Waals surface area contributed by atoms with Gasteiger partial charge in [-0.15, -0.1) is 0 Å². The Kier molecular flexibility index (Phi) is 5.04. The summed E-state index contributed by atoms with van der Waals surface area (Å²) in [5.74, 6) is -0.156. The van der Waals surface area contributed by atoms with Gasteiger partial charge >= 0.3 is 0 Å². The van der Waals surface area contributed by atoms with Gasteiger partial charge in [-0.05, 0) is 35.4 Å². The van der Waals surface area contributed by atoms with Crippen LogP contribution in [-0.4, -0.2) is 16.8 Å². The van der Waals surface area contributed by atoms with Gasteiger partial charge in [0, 0.05) is 31.5 Å². The summed E-state index contributed by atoms with van der Waals surface area (Å²) in [7, 11) is 0. The fourth-order valence-electron chi connectivity index (χ4n) is 1.86. The van der Waals surface area contributed by atoms with Crippen molar-refractivity contribution in [3.05, 3.63) is 59.9 Å². The number of carbonyl (C=O) groups is 2. The highest BCUT2D eigenvalue weighted by Gasteiger charge is 2.04. The largest absolute Gasteiger partial charge is 0.352 e. The van der Waals surface area contributed by atoms with Crippen molar-refractivity contribution in [1.82, 2.24) is 10.3 Å². The van der Waals surface area contributed by atoms with Gasteiger partial charge in [-0.2, -0.15) is 0 Å². The highest BCUT2D eigenvalue weighted by Crippen LogP contribution is 2.10. The first-order chi connectivity index (χ1) is 10.1. The molecular weight excluding hydrogens is 266 g/mol. The molecule has 1 aromatic heterocycles. The third kappa shape index (κ3) is 5.06. The molecule has 0 spiro atoms. The molecule has 0 aliphatic carbocycles. The normalized spacial score (nSPS) is 9.95. The third-order valence-electron chi connectivity index (χ3n) is 2.88. The first-order valence-electron chi connectivity index (χ1n) is 6.65. The molecule has 108 valence electrons. The lowest BCUT2D eigenvalue weighted by atomic mass is 10.1. The molecule has 5 heteroatoms. The van der Waals surface area contributed by atoms with Gasteiger partial charge in [-0.25, -0.2) is 0 Å². The van der Waals surface area contributed by atoms with E-state index in [9.17, 15) is 9.59 Å². The molecular formula is C16H17N3O2. The van der Waals surface area contributed by atoms with Crippen LogP contribution < -0.4 is 10.6 Å². The maximum absolute atomic E-state index is 11.9. The van der Waals surface area contributed by atoms with Crippen molar-refractivity contribution in [2.45, 2.75) is 19.9 Å². The summed E-state index contributed by atoms with van der Waals surface area (Å²) in [4.78, 5) is 26.7. The molecule has 0 atom stereocenters. The average molecular weight is 283 g/mol. The monoisotopic (exact) mass is 283 g/mol. The molecule has 1 aromatic carbocycles. The number of nitrogens with zero attached hydrogens (tertiary/aromatic N) is 1. The van der Waals surface area contributed by atoms with Gasteiger partial charge in [0.25, 0.3) is 0 Å². The van der Waals surface area contributed by atoms with E-state index in [4.69, 9.17) is 0 Å². The predicted molar refractivity (Wildman–Crippen MR) is 80.5 cm³/mol. The molecule has 0 aliphatic heterocycles. The van der Waals surface area contributed by atoms with Crippen molar-refractivity contribution in [3.63, 3.8) is 0 Å². The summed E-state index contributed by atoms with van der Waals surface area (Å²) in [6.07, 6.45) is 3.70. The molecule has 2 amide bonds. The van der Waals surface area contributed by atoms with Crippen LogP contribution in [0.3, 0.4) is 0 Å². The van der Waals surface area contributed by atoms with Crippen molar-refractivity contribution in [2.75, 3.05) is 5.32 Å². The van der Waals surface area contributed by atoms with Crippen LogP contribution >= 0.6 is 0 Å². The molecule has 0 unspecified atom stereocenters. The summed E-state index contributed by atoms with van der Waals surface area (Å²) >= 11 is 0. The molecule has 2 N–H and O–H groups in total. The van der Waals surface area contributed by atoms with Crippen LogP contribution in [0.25, 0.3) is 0 Å². The van der Waals surface area contributed by atoms with Gasteiger partial charge in [-0.1, -0.05) is 12.1 Å². The van der Waals surface area contributed by atoms with Crippen LogP contribution in [0.15, 0.2) is 48.8 Å². The lowest BCUT2D eigenvalue weighted by Crippen LogP contribution is -2.24. The first kappa shape index (κ1) is 14.7. The molecule has 0 saturated heterocycles. The standard InChI is InChI=1S/C16H17N3O2/c1-12(20)19-15-4-2-13(3-5-15)10-16(21)18-11-14-6-8-17-9-7-14/h2-9H,10-11H2,1H3,(H,18,21)(H,19,20). The fourth-order valence-corrected chi connectivity index (χ4v) is 1.86. The number of nitrogens with one attached hydrogen (secondary N) is 2. The van der Waals surface area contributed by atoms with Crippen molar-refractivity contribution in [1.29, 1.82) is 0 Å². The van der Waals surface area contributed by atoms with E-state index >= 15 is 0 Å². The van der Waals surface area contributed by atoms with E-state index in [1.807, 2.05) is 24.3 Å². The Morgan fingerprint density at radius 1 is 1.00 bits per heavy atom. The summed E-state index contributed by atoms with van der Waals surface area (Å²) in [6.45, 7) is 1.95. The molecule has 2 aromatic rings. The number of hydrogen-bond acceptors (Lipinski definition) is 3. The average Bonchev–Trinajstić information content (AvgIpc) is 2.48. The van der Waals surface area contributed by atoms with Crippen LogP contribution in [0, 0.1) is 0 Å². The highest BCUT2D eigenvalue weighted by atomic mass is 16.2. The number of carbonyl (C=O) groups excluding carboxylic acids is 2. The second-order valence-electron chi connectivity index (χ2n) is 4.69. The number of benzene rings is 1. The fraction of sp³-hybridized carbons (Fsp3) is 0.188. The topological polar surface area (TPSA) is 71.1 Å². The summed E-state index contributed by atoms with van der Waals surface area (Å²) in [6, 6.07) is 11.0. The third-order valence-corrected chi connectivity index (χ3v) is 2.88. The Balaban J connectivity index is 1.83. The second-order valence-corrected chi connectivity index (χ2v) is 4.69. The van der Waals surface area contributed by atoms with Crippen LogP contribution in [-0.2, 0) is 22.6 Å². The van der Waals surface area contributed by atoms with Crippen molar-refractivity contribution in [3.8, 4) is 0 Å². The van der Waals surface area contributed by atoms with Gasteiger partial charge in [0.15, 0.2) is 0 Å². The number of pyridine rings is 1. The van der Waals surface area contributed by atoms with Gasteiger partial charge in [0.1, 0.15) is 0 Å². The summed E-state index contributed by atoms with van der Waals surface area (Å²) in [5, 5.41) is 5.54. The van der Waals surface area contributed by atoms with E-state index in [-0.39, 0.29) is 11.8 Å². The summed E-state index contributed by atoms with van der Waals surface area (Å²) in [5.41, 5.74) is 2.64. The molecule has 0 fully saturated rings. The molecule has 5 nitrogen and oxygen atoms in total. The highest BCUT2D eigenvalue weighted by molar-refractivity contribution is 5.88. The molecule has 21 heavy (non-hydrogen) atoms. The number of amides is 2. The molecule has 0 bridgehead atoms. The van der Waals surface area contributed by atoms with E-state index < -0.39 is 0 Å². The second kappa shape index (κ2) is 7.19. The lowest BCUT2D eigenvalue weighted by Gasteiger charge is -2.06.